The van der Waals surface area contributed by atoms with Gasteiger partial charge in [-0.1, -0.05) is 30.3 Å². The van der Waals surface area contributed by atoms with Gasteiger partial charge in [-0.2, -0.15) is 0 Å². The van der Waals surface area contributed by atoms with Crippen molar-refractivity contribution < 1.29 is 5.11 Å². The quantitative estimate of drug-likeness (QED) is 0.556. The summed E-state index contributed by atoms with van der Waals surface area (Å²) in [7, 11) is 0. The number of hydrogen-bond acceptors (Lipinski definition) is 4. The van der Waals surface area contributed by atoms with E-state index in [0.29, 0.717) is 6.54 Å². The van der Waals surface area contributed by atoms with E-state index in [1.54, 1.807) is 0 Å². The normalized spacial score (nSPS) is 11.7. The number of nitrogens with zero attached hydrogens (tertiary/aromatic N) is 3. The molecule has 23 heavy (non-hydrogen) atoms. The molecular formula is C18H18N4O. The van der Waals surface area contributed by atoms with Gasteiger partial charge in [0.2, 0.25) is 0 Å². The Morgan fingerprint density at radius 1 is 0.913 bits per heavy atom. The van der Waals surface area contributed by atoms with E-state index in [-0.39, 0.29) is 6.61 Å². The Morgan fingerprint density at radius 3 is 2.48 bits per heavy atom. The molecule has 5 heteroatoms. The van der Waals surface area contributed by atoms with Crippen LogP contribution in [0.1, 0.15) is 0 Å². The molecule has 4 aromatic rings. The molecule has 2 N–H and O–H groups in total. The molecule has 0 amide bonds. The molecule has 0 saturated heterocycles. The third kappa shape index (κ3) is 2.44. The summed E-state index contributed by atoms with van der Waals surface area (Å²) in [6.45, 7) is 2.32. The van der Waals surface area contributed by atoms with Gasteiger partial charge in [-0.3, -0.25) is 0 Å². The van der Waals surface area contributed by atoms with Crippen LogP contribution in [-0.4, -0.2) is 39.3 Å². The summed E-state index contributed by atoms with van der Waals surface area (Å²) in [6.07, 6.45) is 0. The molecule has 0 aliphatic carbocycles. The lowest BCUT2D eigenvalue weighted by molar-refractivity contribution is 0.292. The van der Waals surface area contributed by atoms with Crippen molar-refractivity contribution in [2.45, 2.75) is 6.54 Å². The van der Waals surface area contributed by atoms with Crippen LogP contribution in [0.5, 0.6) is 0 Å². The van der Waals surface area contributed by atoms with Crippen molar-refractivity contribution in [3.8, 4) is 0 Å². The minimum Gasteiger partial charge on any atom is -0.395 e. The minimum absolute atomic E-state index is 0.150. The van der Waals surface area contributed by atoms with E-state index in [1.807, 2.05) is 36.4 Å². The van der Waals surface area contributed by atoms with E-state index in [1.165, 1.54) is 0 Å². The fraction of sp³-hybridized carbons (Fsp3) is 0.222. The van der Waals surface area contributed by atoms with Crippen LogP contribution in [0.25, 0.3) is 33.1 Å². The van der Waals surface area contributed by atoms with Crippen molar-refractivity contribution in [3.63, 3.8) is 0 Å². The molecule has 0 aliphatic heterocycles. The summed E-state index contributed by atoms with van der Waals surface area (Å²) in [5.41, 5.74) is 4.83. The van der Waals surface area contributed by atoms with Crippen molar-refractivity contribution in [1.82, 2.24) is 19.9 Å². The molecule has 0 saturated carbocycles. The first-order valence-corrected chi connectivity index (χ1v) is 7.84. The fourth-order valence-corrected chi connectivity index (χ4v) is 3.00. The molecule has 2 aromatic carbocycles. The highest BCUT2D eigenvalue weighted by molar-refractivity contribution is 6.06. The van der Waals surface area contributed by atoms with Crippen molar-refractivity contribution >= 4 is 33.1 Å². The first-order chi connectivity index (χ1) is 11.4. The van der Waals surface area contributed by atoms with Crippen LogP contribution >= 0.6 is 0 Å². The second-order valence-corrected chi connectivity index (χ2v) is 5.53. The van der Waals surface area contributed by atoms with Gasteiger partial charge < -0.3 is 15.0 Å². The van der Waals surface area contributed by atoms with E-state index in [2.05, 4.69) is 22.0 Å². The van der Waals surface area contributed by atoms with E-state index >= 15 is 0 Å². The van der Waals surface area contributed by atoms with Crippen molar-refractivity contribution in [2.24, 2.45) is 0 Å². The van der Waals surface area contributed by atoms with Gasteiger partial charge in [0, 0.05) is 25.0 Å². The molecule has 0 radical (unpaired) electrons. The molecular weight excluding hydrogens is 288 g/mol. The molecule has 2 heterocycles. The fourth-order valence-electron chi connectivity index (χ4n) is 3.00. The number of benzene rings is 2. The Kier molecular flexibility index (Phi) is 3.65. The van der Waals surface area contributed by atoms with E-state index < -0.39 is 0 Å². The van der Waals surface area contributed by atoms with Crippen molar-refractivity contribution in [3.05, 3.63) is 48.5 Å². The van der Waals surface area contributed by atoms with Crippen LogP contribution in [0.2, 0.25) is 0 Å². The first-order valence-electron chi connectivity index (χ1n) is 7.84. The van der Waals surface area contributed by atoms with Crippen LogP contribution < -0.4 is 5.32 Å². The van der Waals surface area contributed by atoms with Crippen LogP contribution in [0.3, 0.4) is 0 Å². The molecule has 0 aliphatic rings. The number of aliphatic hydroxyl groups is 1. The van der Waals surface area contributed by atoms with Gasteiger partial charge in [-0.15, -0.1) is 0 Å². The highest BCUT2D eigenvalue weighted by Gasteiger charge is 2.13. The van der Waals surface area contributed by atoms with Crippen molar-refractivity contribution in [1.29, 1.82) is 0 Å². The lowest BCUT2D eigenvalue weighted by atomic mass is 10.2. The van der Waals surface area contributed by atoms with Gasteiger partial charge in [0.05, 0.1) is 23.2 Å². The minimum atomic E-state index is 0.150. The predicted octanol–water partition coefficient (Wildman–Crippen LogP) is 2.32. The molecule has 0 bridgehead atoms. The molecule has 0 fully saturated rings. The molecule has 5 nitrogen and oxygen atoms in total. The average molecular weight is 306 g/mol. The van der Waals surface area contributed by atoms with Crippen LogP contribution in [0.4, 0.5) is 0 Å². The van der Waals surface area contributed by atoms with Crippen molar-refractivity contribution in [2.75, 3.05) is 19.7 Å². The van der Waals surface area contributed by atoms with Crippen LogP contribution in [0, 0.1) is 0 Å². The standard InChI is InChI=1S/C18H18N4O/c23-12-10-19-9-11-22-16-8-4-1-5-13(16)17-18(22)21-15-7-3-2-6-14(15)20-17/h1-8,19,23H,9-12H2. The number of fused-ring (bicyclic) bond motifs is 4. The van der Waals surface area contributed by atoms with E-state index in [9.17, 15) is 0 Å². The van der Waals surface area contributed by atoms with Gasteiger partial charge in [0.25, 0.3) is 0 Å². The zero-order valence-electron chi connectivity index (χ0n) is 12.7. The number of rotatable bonds is 5. The second kappa shape index (κ2) is 5.95. The topological polar surface area (TPSA) is 63.0 Å². The Balaban J connectivity index is 1.91. The van der Waals surface area contributed by atoms with Gasteiger partial charge >= 0.3 is 0 Å². The maximum atomic E-state index is 8.89. The maximum absolute atomic E-state index is 8.89. The van der Waals surface area contributed by atoms with E-state index in [0.717, 1.165) is 46.2 Å². The molecule has 0 unspecified atom stereocenters. The summed E-state index contributed by atoms with van der Waals surface area (Å²) in [5.74, 6) is 0. The summed E-state index contributed by atoms with van der Waals surface area (Å²) in [6, 6.07) is 16.2. The number of para-hydroxylation sites is 3. The molecule has 0 atom stereocenters. The SMILES string of the molecule is OCCNCCn1c2ccccc2c2nc3ccccc3nc21. The monoisotopic (exact) mass is 306 g/mol. The highest BCUT2D eigenvalue weighted by Crippen LogP contribution is 2.27. The third-order valence-corrected chi connectivity index (χ3v) is 4.06. The number of hydrogen-bond donors (Lipinski definition) is 2. The lowest BCUT2D eigenvalue weighted by Gasteiger charge is -2.07. The lowest BCUT2D eigenvalue weighted by Crippen LogP contribution is -2.23. The summed E-state index contributed by atoms with van der Waals surface area (Å²) >= 11 is 0. The number of aromatic nitrogens is 3. The summed E-state index contributed by atoms with van der Waals surface area (Å²) in [5, 5.41) is 13.2. The smallest absolute Gasteiger partial charge is 0.160 e. The first kappa shape index (κ1) is 14.1. The zero-order valence-corrected chi connectivity index (χ0v) is 12.7. The number of nitrogens with one attached hydrogen (secondary N) is 1. The van der Waals surface area contributed by atoms with Crippen LogP contribution in [-0.2, 0) is 6.54 Å². The third-order valence-electron chi connectivity index (χ3n) is 4.06. The largest absolute Gasteiger partial charge is 0.395 e. The second-order valence-electron chi connectivity index (χ2n) is 5.53. The number of aliphatic hydroxyl groups excluding tert-OH is 1. The van der Waals surface area contributed by atoms with E-state index in [4.69, 9.17) is 15.1 Å². The van der Waals surface area contributed by atoms with Gasteiger partial charge in [-0.05, 0) is 18.2 Å². The molecule has 0 spiro atoms. The summed E-state index contributed by atoms with van der Waals surface area (Å²) in [4.78, 5) is 9.66. The summed E-state index contributed by atoms with van der Waals surface area (Å²) < 4.78 is 2.20. The Morgan fingerprint density at radius 2 is 1.65 bits per heavy atom. The maximum Gasteiger partial charge on any atom is 0.160 e. The molecule has 116 valence electrons. The van der Waals surface area contributed by atoms with Gasteiger partial charge in [0.15, 0.2) is 5.65 Å². The van der Waals surface area contributed by atoms with Gasteiger partial charge in [-0.25, -0.2) is 9.97 Å². The van der Waals surface area contributed by atoms with Gasteiger partial charge in [0.1, 0.15) is 5.52 Å². The Hall–Kier alpha value is -2.50. The Labute approximate surface area is 133 Å². The highest BCUT2D eigenvalue weighted by atomic mass is 16.3. The predicted molar refractivity (Wildman–Crippen MR) is 92.5 cm³/mol. The van der Waals surface area contributed by atoms with Crippen LogP contribution in [0.15, 0.2) is 48.5 Å². The average Bonchev–Trinajstić information content (AvgIpc) is 2.90. The molecule has 4 rings (SSSR count). The molecule has 2 aromatic heterocycles. The zero-order chi connectivity index (χ0) is 15.6. The Bertz CT molecular complexity index is 977.